The molecule has 0 saturated carbocycles. The van der Waals surface area contributed by atoms with Gasteiger partial charge in [-0.1, -0.05) is 68.6 Å². The number of halogens is 2. The lowest BCUT2D eigenvalue weighted by Gasteiger charge is -2.23. The van der Waals surface area contributed by atoms with Crippen molar-refractivity contribution in [1.29, 1.82) is 0 Å². The topological polar surface area (TPSA) is 0 Å². The first kappa shape index (κ1) is 15.7. The van der Waals surface area contributed by atoms with Crippen LogP contribution in [0.3, 0.4) is 0 Å². The summed E-state index contributed by atoms with van der Waals surface area (Å²) in [5.74, 6) is 0.538. The van der Waals surface area contributed by atoms with Crippen molar-refractivity contribution in [2.24, 2.45) is 5.92 Å². The molecule has 0 spiro atoms. The molecule has 0 fully saturated rings. The molecule has 0 radical (unpaired) electrons. The minimum absolute atomic E-state index is 0.0667. The number of hydrogen-bond donors (Lipinski definition) is 0. The number of fused-ring (bicyclic) bond motifs is 1. The predicted octanol–water partition coefficient (Wildman–Crippen LogP) is 6.99. The van der Waals surface area contributed by atoms with Crippen LogP contribution < -0.4 is 0 Å². The normalized spacial score (nSPS) is 13.1. The number of benzene rings is 2. The molecule has 108 valence electrons. The zero-order valence-electron chi connectivity index (χ0n) is 12.2. The Bertz CT molecular complexity index is 556. The Morgan fingerprint density at radius 3 is 2.10 bits per heavy atom. The van der Waals surface area contributed by atoms with E-state index in [-0.39, 0.29) is 5.38 Å². The fraction of sp³-hybridized carbons (Fsp3) is 0.444. The van der Waals surface area contributed by atoms with Crippen LogP contribution >= 0.6 is 23.2 Å². The highest BCUT2D eigenvalue weighted by Gasteiger charge is 2.21. The summed E-state index contributed by atoms with van der Waals surface area (Å²) in [6.45, 7) is 4.46. The largest absolute Gasteiger partial charge is 0.117 e. The summed E-state index contributed by atoms with van der Waals surface area (Å²) in [6.07, 6.45) is 4.72. The third-order valence-corrected chi connectivity index (χ3v) is 4.86. The molecule has 2 aromatic rings. The van der Waals surface area contributed by atoms with E-state index < -0.39 is 0 Å². The summed E-state index contributed by atoms with van der Waals surface area (Å²) in [7, 11) is 0. The van der Waals surface area contributed by atoms with Crippen molar-refractivity contribution in [3.05, 3.63) is 47.0 Å². The molecule has 0 N–H and O–H groups in total. The first-order valence-corrected chi connectivity index (χ1v) is 8.31. The van der Waals surface area contributed by atoms with Crippen LogP contribution in [-0.2, 0) is 0 Å². The molecule has 0 aliphatic heterocycles. The number of rotatable bonds is 6. The van der Waals surface area contributed by atoms with Gasteiger partial charge in [-0.05, 0) is 35.8 Å². The summed E-state index contributed by atoms with van der Waals surface area (Å²) >= 11 is 13.1. The quantitative estimate of drug-likeness (QED) is 0.504. The molecule has 20 heavy (non-hydrogen) atoms. The summed E-state index contributed by atoms with van der Waals surface area (Å²) in [6, 6.07) is 12.3. The maximum Gasteiger partial charge on any atom is 0.0619 e. The highest BCUT2D eigenvalue weighted by molar-refractivity contribution is 6.35. The maximum absolute atomic E-state index is 6.82. The zero-order chi connectivity index (χ0) is 14.5. The van der Waals surface area contributed by atoms with Crippen LogP contribution in [-0.4, -0.2) is 0 Å². The lowest BCUT2D eigenvalue weighted by molar-refractivity contribution is 0.427. The molecule has 2 rings (SSSR count). The molecule has 0 bridgehead atoms. The number of alkyl halides is 1. The van der Waals surface area contributed by atoms with E-state index in [1.165, 1.54) is 36.6 Å². The summed E-state index contributed by atoms with van der Waals surface area (Å²) in [5, 5.41) is 3.16. The molecule has 0 aliphatic carbocycles. The van der Waals surface area contributed by atoms with Crippen LogP contribution in [0.5, 0.6) is 0 Å². The van der Waals surface area contributed by atoms with E-state index in [4.69, 9.17) is 23.2 Å². The third kappa shape index (κ3) is 3.30. The predicted molar refractivity (Wildman–Crippen MR) is 90.9 cm³/mol. The first-order valence-electron chi connectivity index (χ1n) is 7.50. The average molecular weight is 309 g/mol. The van der Waals surface area contributed by atoms with Crippen molar-refractivity contribution < 1.29 is 0 Å². The minimum atomic E-state index is 0.0667. The van der Waals surface area contributed by atoms with E-state index in [1.807, 2.05) is 12.1 Å². The van der Waals surface area contributed by atoms with E-state index in [9.17, 15) is 0 Å². The van der Waals surface area contributed by atoms with Crippen LogP contribution in [0.25, 0.3) is 10.8 Å². The van der Waals surface area contributed by atoms with Crippen LogP contribution in [0.1, 0.15) is 50.5 Å². The van der Waals surface area contributed by atoms with Gasteiger partial charge in [-0.2, -0.15) is 0 Å². The molecule has 1 atom stereocenters. The fourth-order valence-electron chi connectivity index (χ4n) is 2.96. The first-order chi connectivity index (χ1) is 9.69. The van der Waals surface area contributed by atoms with Gasteiger partial charge < -0.3 is 0 Å². The Labute approximate surface area is 132 Å². The van der Waals surface area contributed by atoms with Crippen LogP contribution in [0.15, 0.2) is 36.4 Å². The second kappa shape index (κ2) is 7.33. The Kier molecular flexibility index (Phi) is 5.74. The second-order valence-electron chi connectivity index (χ2n) is 5.42. The monoisotopic (exact) mass is 308 g/mol. The second-order valence-corrected chi connectivity index (χ2v) is 6.30. The van der Waals surface area contributed by atoms with Gasteiger partial charge in [0.15, 0.2) is 0 Å². The smallest absolute Gasteiger partial charge is 0.0619 e. The maximum atomic E-state index is 6.82. The van der Waals surface area contributed by atoms with Crippen molar-refractivity contribution >= 4 is 34.0 Å². The highest BCUT2D eigenvalue weighted by atomic mass is 35.5. The Morgan fingerprint density at radius 2 is 1.50 bits per heavy atom. The zero-order valence-corrected chi connectivity index (χ0v) is 13.7. The minimum Gasteiger partial charge on any atom is -0.117 e. The van der Waals surface area contributed by atoms with Crippen molar-refractivity contribution in [2.45, 2.75) is 44.9 Å². The van der Waals surface area contributed by atoms with E-state index >= 15 is 0 Å². The molecule has 0 saturated heterocycles. The van der Waals surface area contributed by atoms with Gasteiger partial charge in [0.2, 0.25) is 0 Å². The number of hydrogen-bond acceptors (Lipinski definition) is 0. The Morgan fingerprint density at radius 1 is 0.900 bits per heavy atom. The Balaban J connectivity index is 2.43. The van der Waals surface area contributed by atoms with Gasteiger partial charge in [-0.25, -0.2) is 0 Å². The molecule has 0 heterocycles. The van der Waals surface area contributed by atoms with E-state index in [2.05, 4.69) is 38.1 Å². The molecular formula is C18H22Cl2. The van der Waals surface area contributed by atoms with Gasteiger partial charge >= 0.3 is 0 Å². The third-order valence-electron chi connectivity index (χ3n) is 3.93. The molecule has 0 aliphatic rings. The summed E-state index contributed by atoms with van der Waals surface area (Å²) < 4.78 is 0. The van der Waals surface area contributed by atoms with Gasteiger partial charge in [0.25, 0.3) is 0 Å². The van der Waals surface area contributed by atoms with Crippen molar-refractivity contribution in [2.75, 3.05) is 0 Å². The van der Waals surface area contributed by atoms with E-state index in [1.54, 1.807) is 0 Å². The lowest BCUT2D eigenvalue weighted by atomic mass is 9.88. The van der Waals surface area contributed by atoms with Crippen LogP contribution in [0, 0.1) is 5.92 Å². The molecule has 2 aromatic carbocycles. The molecule has 0 amide bonds. The van der Waals surface area contributed by atoms with Gasteiger partial charge in [0.05, 0.1) is 5.38 Å². The lowest BCUT2D eigenvalue weighted by Crippen LogP contribution is -2.08. The van der Waals surface area contributed by atoms with E-state index in [0.717, 1.165) is 10.4 Å². The molecule has 1 unspecified atom stereocenters. The Hall–Kier alpha value is -0.720. The standard InChI is InChI=1S/C18H22Cl2/c1-3-7-13(8-4-2)18(20)16-11-12-17(19)15-10-6-5-9-14(15)16/h5-6,9-13,18H,3-4,7-8H2,1-2H3. The fourth-order valence-corrected chi connectivity index (χ4v) is 3.63. The van der Waals surface area contributed by atoms with Crippen LogP contribution in [0.2, 0.25) is 5.02 Å². The summed E-state index contributed by atoms with van der Waals surface area (Å²) in [5.41, 5.74) is 1.22. The molecule has 2 heteroatoms. The van der Waals surface area contributed by atoms with Crippen molar-refractivity contribution in [1.82, 2.24) is 0 Å². The SMILES string of the molecule is CCCC(CCC)C(Cl)c1ccc(Cl)c2ccccc12. The highest BCUT2D eigenvalue weighted by Crippen LogP contribution is 2.39. The molecular weight excluding hydrogens is 287 g/mol. The van der Waals surface area contributed by atoms with Crippen molar-refractivity contribution in [3.8, 4) is 0 Å². The summed E-state index contributed by atoms with van der Waals surface area (Å²) in [4.78, 5) is 0. The van der Waals surface area contributed by atoms with Gasteiger partial charge in [0, 0.05) is 10.4 Å². The van der Waals surface area contributed by atoms with Crippen LogP contribution in [0.4, 0.5) is 0 Å². The van der Waals surface area contributed by atoms with Crippen molar-refractivity contribution in [3.63, 3.8) is 0 Å². The molecule has 0 aromatic heterocycles. The average Bonchev–Trinajstić information content (AvgIpc) is 2.47. The molecule has 0 nitrogen and oxygen atoms in total. The van der Waals surface area contributed by atoms with E-state index in [0.29, 0.717) is 5.92 Å². The van der Waals surface area contributed by atoms with Gasteiger partial charge in [0.1, 0.15) is 0 Å². The van der Waals surface area contributed by atoms with Gasteiger partial charge in [-0.3, -0.25) is 0 Å². The van der Waals surface area contributed by atoms with Gasteiger partial charge in [-0.15, -0.1) is 11.6 Å².